The summed E-state index contributed by atoms with van der Waals surface area (Å²) in [5.74, 6) is 0. The van der Waals surface area contributed by atoms with Gasteiger partial charge in [-0.3, -0.25) is 4.90 Å². The van der Waals surface area contributed by atoms with Crippen LogP contribution in [0, 0.1) is 0 Å². The van der Waals surface area contributed by atoms with E-state index in [-0.39, 0.29) is 12.1 Å². The van der Waals surface area contributed by atoms with E-state index in [0.29, 0.717) is 6.54 Å². The van der Waals surface area contributed by atoms with Crippen LogP contribution in [0.2, 0.25) is 0 Å². The molecule has 2 rings (SSSR count). The molecule has 1 heterocycles. The number of hydrogen-bond donors (Lipinski definition) is 2. The van der Waals surface area contributed by atoms with Crippen molar-refractivity contribution in [1.82, 2.24) is 15.5 Å². The minimum atomic E-state index is -0.116. The van der Waals surface area contributed by atoms with E-state index in [9.17, 15) is 4.79 Å². The Balaban J connectivity index is 2.01. The number of morpholine rings is 1. The largest absolute Gasteiger partial charge is 0.379 e. The van der Waals surface area contributed by atoms with Gasteiger partial charge in [0.2, 0.25) is 0 Å². The van der Waals surface area contributed by atoms with Gasteiger partial charge in [0.05, 0.1) is 19.3 Å². The number of urea groups is 1. The van der Waals surface area contributed by atoms with Crippen molar-refractivity contribution in [3.8, 4) is 0 Å². The second-order valence-corrected chi connectivity index (χ2v) is 4.88. The van der Waals surface area contributed by atoms with E-state index in [2.05, 4.69) is 27.7 Å². The van der Waals surface area contributed by atoms with E-state index in [1.807, 2.05) is 25.1 Å². The molecule has 5 heteroatoms. The van der Waals surface area contributed by atoms with Crippen molar-refractivity contribution in [2.75, 3.05) is 39.4 Å². The summed E-state index contributed by atoms with van der Waals surface area (Å²) in [7, 11) is 0. The summed E-state index contributed by atoms with van der Waals surface area (Å²) >= 11 is 0. The molecule has 0 aromatic heterocycles. The Morgan fingerprint density at radius 3 is 2.65 bits per heavy atom. The Kier molecular flexibility index (Phi) is 5.83. The smallest absolute Gasteiger partial charge is 0.315 e. The molecule has 5 nitrogen and oxygen atoms in total. The van der Waals surface area contributed by atoms with E-state index in [0.717, 1.165) is 38.4 Å². The number of hydrogen-bond acceptors (Lipinski definition) is 3. The van der Waals surface area contributed by atoms with Crippen LogP contribution in [0.25, 0.3) is 0 Å². The van der Waals surface area contributed by atoms with E-state index >= 15 is 0 Å². The normalized spacial score (nSPS) is 17.4. The van der Waals surface area contributed by atoms with Crippen molar-refractivity contribution in [3.63, 3.8) is 0 Å². The van der Waals surface area contributed by atoms with Crippen LogP contribution in [0.5, 0.6) is 0 Å². The number of amides is 2. The Labute approximate surface area is 120 Å². The molecule has 2 N–H and O–H groups in total. The summed E-state index contributed by atoms with van der Waals surface area (Å²) in [4.78, 5) is 14.1. The molecule has 1 unspecified atom stereocenters. The molecule has 0 aliphatic carbocycles. The molecule has 1 saturated heterocycles. The fraction of sp³-hybridized carbons (Fsp3) is 0.533. The van der Waals surface area contributed by atoms with Crippen LogP contribution in [0.4, 0.5) is 4.79 Å². The number of rotatable bonds is 5. The van der Waals surface area contributed by atoms with Gasteiger partial charge in [0.25, 0.3) is 0 Å². The van der Waals surface area contributed by atoms with E-state index in [4.69, 9.17) is 4.74 Å². The maximum atomic E-state index is 11.8. The molecule has 1 aromatic carbocycles. The lowest BCUT2D eigenvalue weighted by atomic mass is 10.1. The average molecular weight is 277 g/mol. The van der Waals surface area contributed by atoms with Gasteiger partial charge in [-0.25, -0.2) is 4.79 Å². The van der Waals surface area contributed by atoms with Gasteiger partial charge in [-0.05, 0) is 12.5 Å². The van der Waals surface area contributed by atoms with Crippen LogP contribution < -0.4 is 10.6 Å². The summed E-state index contributed by atoms with van der Waals surface area (Å²) in [6.07, 6.45) is 0. The van der Waals surface area contributed by atoms with Crippen LogP contribution >= 0.6 is 0 Å². The Hall–Kier alpha value is -1.59. The fourth-order valence-electron chi connectivity index (χ4n) is 2.33. The summed E-state index contributed by atoms with van der Waals surface area (Å²) in [5.41, 5.74) is 1.13. The number of nitrogens with one attached hydrogen (secondary N) is 2. The zero-order valence-corrected chi connectivity index (χ0v) is 12.0. The van der Waals surface area contributed by atoms with Crippen LogP contribution in [-0.2, 0) is 4.74 Å². The molecular formula is C15H23N3O2. The topological polar surface area (TPSA) is 53.6 Å². The third kappa shape index (κ3) is 4.51. The lowest BCUT2D eigenvalue weighted by Gasteiger charge is -2.31. The monoisotopic (exact) mass is 277 g/mol. The molecule has 0 radical (unpaired) electrons. The summed E-state index contributed by atoms with van der Waals surface area (Å²) in [5, 5.41) is 5.84. The molecule has 1 aliphatic heterocycles. The second kappa shape index (κ2) is 7.87. The molecular weight excluding hydrogens is 254 g/mol. The van der Waals surface area contributed by atoms with Crippen molar-refractivity contribution in [1.29, 1.82) is 0 Å². The standard InChI is InChI=1S/C15H23N3O2/c1-2-16-15(19)17-14(13-6-4-3-5-7-13)12-18-8-10-20-11-9-18/h3-7,14H,2,8-12H2,1H3,(H2,16,17,19). The average Bonchev–Trinajstić information content (AvgIpc) is 2.49. The summed E-state index contributed by atoms with van der Waals surface area (Å²) in [6, 6.07) is 9.98. The SMILES string of the molecule is CCNC(=O)NC(CN1CCOCC1)c1ccccc1. The zero-order valence-electron chi connectivity index (χ0n) is 12.0. The maximum absolute atomic E-state index is 11.8. The summed E-state index contributed by atoms with van der Waals surface area (Å²) < 4.78 is 5.37. The highest BCUT2D eigenvalue weighted by molar-refractivity contribution is 5.74. The maximum Gasteiger partial charge on any atom is 0.315 e. The molecule has 1 aromatic rings. The third-order valence-electron chi connectivity index (χ3n) is 3.39. The van der Waals surface area contributed by atoms with Gasteiger partial charge in [-0.15, -0.1) is 0 Å². The molecule has 20 heavy (non-hydrogen) atoms. The first kappa shape index (κ1) is 14.8. The van der Waals surface area contributed by atoms with Gasteiger partial charge in [0, 0.05) is 26.2 Å². The quantitative estimate of drug-likeness (QED) is 0.855. The van der Waals surface area contributed by atoms with Crippen LogP contribution in [0.3, 0.4) is 0 Å². The van der Waals surface area contributed by atoms with Crippen molar-refractivity contribution in [2.24, 2.45) is 0 Å². The minimum absolute atomic E-state index is 0.000787. The molecule has 0 bridgehead atoms. The zero-order chi connectivity index (χ0) is 14.2. The van der Waals surface area contributed by atoms with Crippen molar-refractivity contribution >= 4 is 6.03 Å². The van der Waals surface area contributed by atoms with Gasteiger partial charge >= 0.3 is 6.03 Å². The Bertz CT molecular complexity index is 405. The van der Waals surface area contributed by atoms with Gasteiger partial charge in [-0.1, -0.05) is 30.3 Å². The van der Waals surface area contributed by atoms with Crippen LogP contribution in [0.1, 0.15) is 18.5 Å². The van der Waals surface area contributed by atoms with E-state index in [1.165, 1.54) is 0 Å². The molecule has 2 amide bonds. The second-order valence-electron chi connectivity index (χ2n) is 4.88. The number of carbonyl (C=O) groups is 1. The van der Waals surface area contributed by atoms with Gasteiger partial charge in [0.1, 0.15) is 0 Å². The first-order chi connectivity index (χ1) is 9.79. The van der Waals surface area contributed by atoms with Gasteiger partial charge in [-0.2, -0.15) is 0 Å². The van der Waals surface area contributed by atoms with Crippen molar-refractivity contribution < 1.29 is 9.53 Å². The molecule has 110 valence electrons. The highest BCUT2D eigenvalue weighted by Gasteiger charge is 2.19. The lowest BCUT2D eigenvalue weighted by molar-refractivity contribution is 0.0340. The number of benzene rings is 1. The third-order valence-corrected chi connectivity index (χ3v) is 3.39. The lowest BCUT2D eigenvalue weighted by Crippen LogP contribution is -2.45. The molecule has 1 atom stereocenters. The fourth-order valence-corrected chi connectivity index (χ4v) is 2.33. The molecule has 1 aliphatic rings. The molecule has 0 spiro atoms. The molecule has 1 fully saturated rings. The van der Waals surface area contributed by atoms with Gasteiger partial charge < -0.3 is 15.4 Å². The van der Waals surface area contributed by atoms with E-state index < -0.39 is 0 Å². The summed E-state index contributed by atoms with van der Waals surface area (Å²) in [6.45, 7) is 6.72. The van der Waals surface area contributed by atoms with Crippen LogP contribution in [-0.4, -0.2) is 50.3 Å². The van der Waals surface area contributed by atoms with E-state index in [1.54, 1.807) is 0 Å². The number of ether oxygens (including phenoxy) is 1. The minimum Gasteiger partial charge on any atom is -0.379 e. The highest BCUT2D eigenvalue weighted by Crippen LogP contribution is 2.15. The van der Waals surface area contributed by atoms with Crippen LogP contribution in [0.15, 0.2) is 30.3 Å². The number of carbonyl (C=O) groups excluding carboxylic acids is 1. The first-order valence-corrected chi connectivity index (χ1v) is 7.19. The highest BCUT2D eigenvalue weighted by atomic mass is 16.5. The predicted octanol–water partition coefficient (Wildman–Crippen LogP) is 1.38. The van der Waals surface area contributed by atoms with Gasteiger partial charge in [0.15, 0.2) is 0 Å². The Morgan fingerprint density at radius 1 is 1.30 bits per heavy atom. The predicted molar refractivity (Wildman–Crippen MR) is 78.7 cm³/mol. The van der Waals surface area contributed by atoms with Crippen molar-refractivity contribution in [2.45, 2.75) is 13.0 Å². The Morgan fingerprint density at radius 2 is 2.00 bits per heavy atom. The van der Waals surface area contributed by atoms with Crippen molar-refractivity contribution in [3.05, 3.63) is 35.9 Å². The first-order valence-electron chi connectivity index (χ1n) is 7.19. The number of nitrogens with zero attached hydrogens (tertiary/aromatic N) is 1. The molecule has 0 saturated carbocycles.